The van der Waals surface area contributed by atoms with E-state index in [2.05, 4.69) is 43.3 Å². The summed E-state index contributed by atoms with van der Waals surface area (Å²) in [5.74, 6) is -2.96. The number of phenolic OH excluding ortho intramolecular Hbond substituents is 2. The molecule has 0 aliphatic carbocycles. The Hall–Kier alpha value is -5.68. The third kappa shape index (κ3) is 31.4. The second kappa shape index (κ2) is 38.2. The zero-order valence-electron chi connectivity index (χ0n) is 49.0. The van der Waals surface area contributed by atoms with Gasteiger partial charge in [0.15, 0.2) is 20.0 Å². The van der Waals surface area contributed by atoms with Crippen LogP contribution in [0.3, 0.4) is 0 Å². The van der Waals surface area contributed by atoms with Crippen molar-refractivity contribution < 1.29 is 92.9 Å². The van der Waals surface area contributed by atoms with Crippen LogP contribution in [0.2, 0.25) is 18.1 Å². The lowest BCUT2D eigenvalue weighted by Gasteiger charge is -2.38. The Morgan fingerprint density at radius 1 is 0.630 bits per heavy atom. The van der Waals surface area contributed by atoms with E-state index in [1.165, 1.54) is 74.9 Å². The summed E-state index contributed by atoms with van der Waals surface area (Å²) < 4.78 is 37.3. The second-order valence-electron chi connectivity index (χ2n) is 21.1. The first-order chi connectivity index (χ1) is 37.9. The van der Waals surface area contributed by atoms with Gasteiger partial charge in [-0.25, -0.2) is 24.0 Å². The van der Waals surface area contributed by atoms with Gasteiger partial charge in [-0.3, -0.25) is 0 Å². The molecule has 2 saturated heterocycles. The summed E-state index contributed by atoms with van der Waals surface area (Å²) >= 11 is 6.15. The number of aliphatic hydroxyl groups is 3. The lowest BCUT2D eigenvalue weighted by molar-refractivity contribution is -0.273. The van der Waals surface area contributed by atoms with Crippen molar-refractivity contribution in [1.29, 1.82) is 0 Å². The molecule has 4 unspecified atom stereocenters. The van der Waals surface area contributed by atoms with Gasteiger partial charge in [0.2, 0.25) is 0 Å². The number of aromatic hydroxyl groups is 2. The highest BCUT2D eigenvalue weighted by molar-refractivity contribution is 7.20. The summed E-state index contributed by atoms with van der Waals surface area (Å²) in [5, 5.41) is 65.2. The van der Waals surface area contributed by atoms with Crippen molar-refractivity contribution >= 4 is 48.3 Å². The van der Waals surface area contributed by atoms with Gasteiger partial charge in [-0.1, -0.05) is 76.6 Å². The van der Waals surface area contributed by atoms with E-state index in [0.29, 0.717) is 16.2 Å². The molecule has 0 bridgehead atoms. The molecule has 10 atom stereocenters. The maximum atomic E-state index is 12.3. The number of allylic oxidation sites excluding steroid dienone is 2. The summed E-state index contributed by atoms with van der Waals surface area (Å²) in [6.45, 7) is 20.3. The largest absolute Gasteiger partial charge is 0.508 e. The van der Waals surface area contributed by atoms with Gasteiger partial charge in [-0.15, -0.1) is 0 Å². The van der Waals surface area contributed by atoms with E-state index in [-0.39, 0.29) is 60.2 Å². The molecule has 0 amide bonds. The van der Waals surface area contributed by atoms with E-state index >= 15 is 0 Å². The number of halogens is 1. The average molecular weight is 1180 g/mol. The predicted molar refractivity (Wildman–Crippen MR) is 310 cm³/mol. The van der Waals surface area contributed by atoms with Gasteiger partial charge in [0.25, 0.3) is 0 Å². The van der Waals surface area contributed by atoms with Crippen molar-refractivity contribution in [3.63, 3.8) is 0 Å². The van der Waals surface area contributed by atoms with Crippen LogP contribution >= 0.6 is 11.1 Å². The number of ether oxygens (including phenoxy) is 7. The zero-order valence-corrected chi connectivity index (χ0v) is 50.7. The third-order valence-corrected chi connectivity index (χ3v) is 18.3. The second-order valence-corrected chi connectivity index (χ2v) is 28.4. The van der Waals surface area contributed by atoms with Crippen molar-refractivity contribution in [3.05, 3.63) is 119 Å². The van der Waals surface area contributed by atoms with Crippen molar-refractivity contribution in [3.8, 4) is 11.5 Å². The zero-order chi connectivity index (χ0) is 61.5. The van der Waals surface area contributed by atoms with Crippen LogP contribution < -0.4 is 0 Å². The van der Waals surface area contributed by atoms with Gasteiger partial charge in [-0.2, -0.15) is 11.1 Å². The van der Waals surface area contributed by atoms with Crippen LogP contribution in [0.1, 0.15) is 149 Å². The fourth-order valence-electron chi connectivity index (χ4n) is 6.84. The normalized spacial score (nSPS) is 21.4. The Balaban J connectivity index is 0.000000563. The van der Waals surface area contributed by atoms with Gasteiger partial charge in [0.1, 0.15) is 29.8 Å². The fourth-order valence-corrected chi connectivity index (χ4v) is 6.84. The maximum Gasteiger partial charge on any atom is 0.338 e. The first-order valence-electron chi connectivity index (χ1n) is 27.0. The van der Waals surface area contributed by atoms with Gasteiger partial charge in [-0.05, 0) is 139 Å². The highest BCUT2D eigenvalue weighted by Gasteiger charge is 2.39. The van der Waals surface area contributed by atoms with E-state index in [4.69, 9.17) is 50.1 Å². The lowest BCUT2D eigenvalue weighted by Crippen LogP contribution is -2.49. The number of aryl methyl sites for hydroxylation is 1. The maximum absolute atomic E-state index is 12.3. The number of carboxylic acid groups (broad SMARTS) is 2. The monoisotopic (exact) mass is 1180 g/mol. The molecule has 2 aliphatic rings. The molecule has 0 radical (unpaired) electrons. The highest BCUT2D eigenvalue weighted by atomic mass is 35.6. The number of carbonyl (C=O) groups excluding carboxylic acids is 3. The van der Waals surface area contributed by atoms with Crippen LogP contribution in [0.5, 0.6) is 11.5 Å². The number of hydrogen-bond acceptors (Lipinski definition) is 17. The number of phenols is 2. The molecule has 5 rings (SSSR count). The molecule has 0 spiro atoms. The number of unbranched alkanes of at least 4 members (excludes halogenated alkanes) is 4. The number of aliphatic hydroxyl groups excluding tert-OH is 3. The minimum atomic E-state index is -1.39. The molecule has 454 valence electrons. The summed E-state index contributed by atoms with van der Waals surface area (Å²) in [6, 6.07) is 17.9. The Labute approximate surface area is 483 Å². The SMILES string of the molecule is CC(C)(C)[Si](C)(C)Cl.COC(=O)/C=C/CCCC[C@H](C)O[C@@H]1OC(C)[C@H](O)CC1O.COC(=O)/C=C/CCCC[C@H](C)O[C@@H]1OC(C)[C@H](OC(=O)c2ccc(O)cc2)CC1O.Cc1ccc(C(=O)O)cc1.O=C(O)c1ccc(O)cc1. The summed E-state index contributed by atoms with van der Waals surface area (Å²) in [6.07, 6.45) is 8.49. The average Bonchev–Trinajstić information content (AvgIpc) is 3.42. The summed E-state index contributed by atoms with van der Waals surface area (Å²) in [4.78, 5) is 54.7. The summed E-state index contributed by atoms with van der Waals surface area (Å²) in [7, 11) is 1.31. The topological polar surface area (TPSA) is 292 Å². The lowest BCUT2D eigenvalue weighted by atomic mass is 10.0. The molecule has 3 aromatic rings. The van der Waals surface area contributed by atoms with E-state index in [0.717, 1.165) is 56.9 Å². The standard InChI is InChI=1S/C23H32O8.C16H28O6.C8H8O2.C7H6O3.C6H15ClSi/c1-15(8-6-4-5-7-9-21(26)28-3)29-23-19(25)14-20(16(2)30-23)31-22(27)17-10-12-18(24)13-11-17;1-11(8-6-4-5-7-9-15(19)20-3)21-16-14(18)10-13(17)12(2)22-16;1-6-2-4-7(5-3-6)8(9)10;8-6-3-1-5(2-4-6)7(9)10;1-6(2,3)8(4,5)7/h7,9-13,15-16,19-20,23-25H,4-6,8,14H2,1-3H3;7,9,11-14,16-18H,4-6,8,10H2,1-3H3;2-5H,1H3,(H,9,10);1-4,8H,(H,9,10);1-5H3/b2*9-7+;;;/t15-,16?,19?,20+,23+;11-,12?,13+,14?,16+;;;/m00.../s1. The third-order valence-electron chi connectivity index (χ3n) is 13.0. The number of benzene rings is 3. The number of esters is 3. The van der Waals surface area contributed by atoms with E-state index in [1.54, 1.807) is 50.3 Å². The molecule has 0 saturated carbocycles. The molecule has 7 N–H and O–H groups in total. The molecule has 81 heavy (non-hydrogen) atoms. The number of hydrogen-bond donors (Lipinski definition) is 7. The first kappa shape index (κ1) is 73.3. The Bertz CT molecular complexity index is 2280. The summed E-state index contributed by atoms with van der Waals surface area (Å²) in [5.41, 5.74) is 1.90. The fraction of sp³-hybridized carbons (Fsp3) is 0.550. The number of aromatic carboxylic acids is 2. The Kier molecular flexibility index (Phi) is 34.5. The number of carboxylic acids is 2. The molecule has 3 aromatic carbocycles. The van der Waals surface area contributed by atoms with Crippen molar-refractivity contribution in [1.82, 2.24) is 0 Å². The van der Waals surface area contributed by atoms with Gasteiger partial charge in [0.05, 0.1) is 61.4 Å². The van der Waals surface area contributed by atoms with Crippen LogP contribution in [0.4, 0.5) is 0 Å². The smallest absolute Gasteiger partial charge is 0.338 e. The van der Waals surface area contributed by atoms with Crippen molar-refractivity contribution in [2.75, 3.05) is 14.2 Å². The molecule has 0 aromatic heterocycles. The minimum absolute atomic E-state index is 0.0355. The van der Waals surface area contributed by atoms with Gasteiger partial charge >= 0.3 is 29.8 Å². The number of carbonyl (C=O) groups is 5. The molecule has 2 aliphatic heterocycles. The van der Waals surface area contributed by atoms with Gasteiger partial charge < -0.3 is 68.9 Å². The van der Waals surface area contributed by atoms with Crippen molar-refractivity contribution in [2.24, 2.45) is 0 Å². The van der Waals surface area contributed by atoms with E-state index in [1.807, 2.05) is 20.8 Å². The van der Waals surface area contributed by atoms with E-state index in [9.17, 15) is 44.4 Å². The van der Waals surface area contributed by atoms with Crippen molar-refractivity contribution in [2.45, 2.75) is 199 Å². The van der Waals surface area contributed by atoms with Crippen LogP contribution in [0.25, 0.3) is 0 Å². The predicted octanol–water partition coefficient (Wildman–Crippen LogP) is 10.7. The van der Waals surface area contributed by atoms with Crippen LogP contribution in [0.15, 0.2) is 97.1 Å². The molecule has 2 heterocycles. The Morgan fingerprint density at radius 2 is 1.00 bits per heavy atom. The highest BCUT2D eigenvalue weighted by Crippen LogP contribution is 2.38. The first-order valence-corrected chi connectivity index (χ1v) is 31.1. The molecular formula is C60H89ClO19Si. The molecule has 21 heteroatoms. The van der Waals surface area contributed by atoms with E-state index < -0.39 is 68.4 Å². The van der Waals surface area contributed by atoms with Crippen LogP contribution in [-0.2, 0) is 42.7 Å². The number of methoxy groups -OCH3 is 2. The molecule has 19 nitrogen and oxygen atoms in total. The minimum Gasteiger partial charge on any atom is -0.508 e. The van der Waals surface area contributed by atoms with Crippen LogP contribution in [-0.4, -0.2) is 149 Å². The van der Waals surface area contributed by atoms with Crippen LogP contribution in [0, 0.1) is 6.92 Å². The number of rotatable bonds is 20. The molecule has 2 fully saturated rings. The Morgan fingerprint density at radius 3 is 1.38 bits per heavy atom. The molecular weight excluding hydrogens is 1090 g/mol. The quantitative estimate of drug-likeness (QED) is 0.0138. The van der Waals surface area contributed by atoms with Gasteiger partial charge in [0, 0.05) is 25.0 Å².